The van der Waals surface area contributed by atoms with Crippen LogP contribution >= 0.6 is 0 Å². The lowest BCUT2D eigenvalue weighted by Gasteiger charge is -2.06. The van der Waals surface area contributed by atoms with Crippen molar-refractivity contribution in [2.75, 3.05) is 11.9 Å². The van der Waals surface area contributed by atoms with E-state index in [1.807, 2.05) is 12.1 Å². The Labute approximate surface area is 175 Å². The van der Waals surface area contributed by atoms with Crippen LogP contribution in [0.15, 0.2) is 48.5 Å². The normalized spacial score (nSPS) is 10.2. The van der Waals surface area contributed by atoms with E-state index in [2.05, 4.69) is 48.3 Å². The number of carboxylic acid groups (broad SMARTS) is 1. The predicted molar refractivity (Wildman–Crippen MR) is 122 cm³/mol. The van der Waals surface area contributed by atoms with Gasteiger partial charge in [-0.05, 0) is 61.2 Å². The van der Waals surface area contributed by atoms with E-state index in [9.17, 15) is 4.79 Å². The third-order valence-electron chi connectivity index (χ3n) is 4.91. The lowest BCUT2D eigenvalue weighted by atomic mass is 10.1. The minimum atomic E-state index is -0.886. The highest BCUT2D eigenvalue weighted by molar-refractivity contribution is 5.87. The summed E-state index contributed by atoms with van der Waals surface area (Å²) in [6.45, 7) is 3.13. The average Bonchev–Trinajstić information content (AvgIpc) is 2.73. The van der Waals surface area contributed by atoms with E-state index in [4.69, 9.17) is 5.11 Å². The Kier molecular flexibility index (Phi) is 10.5. The molecule has 0 unspecified atom stereocenters. The molecule has 0 spiro atoms. The SMILES string of the molecule is CCCc1ccc(C#CCCCCCCCCNc2ccc(C(=O)O)cc2)cc1. The van der Waals surface area contributed by atoms with Crippen molar-refractivity contribution < 1.29 is 9.90 Å². The summed E-state index contributed by atoms with van der Waals surface area (Å²) in [5, 5.41) is 12.2. The Bertz CT molecular complexity index is 782. The minimum Gasteiger partial charge on any atom is -0.478 e. The fourth-order valence-corrected chi connectivity index (χ4v) is 3.22. The first kappa shape index (κ1) is 22.6. The van der Waals surface area contributed by atoms with Gasteiger partial charge < -0.3 is 10.4 Å². The average molecular weight is 392 g/mol. The van der Waals surface area contributed by atoms with Crippen molar-refractivity contribution in [3.05, 3.63) is 65.2 Å². The molecule has 2 aromatic carbocycles. The summed E-state index contributed by atoms with van der Waals surface area (Å²) >= 11 is 0. The van der Waals surface area contributed by atoms with Gasteiger partial charge in [0.1, 0.15) is 0 Å². The van der Waals surface area contributed by atoms with Gasteiger partial charge in [0, 0.05) is 24.2 Å². The van der Waals surface area contributed by atoms with E-state index in [0.29, 0.717) is 5.56 Å². The summed E-state index contributed by atoms with van der Waals surface area (Å²) in [7, 11) is 0. The maximum atomic E-state index is 10.8. The number of nitrogens with one attached hydrogen (secondary N) is 1. The van der Waals surface area contributed by atoms with Gasteiger partial charge in [0.25, 0.3) is 0 Å². The number of hydrogen-bond acceptors (Lipinski definition) is 2. The van der Waals surface area contributed by atoms with Crippen LogP contribution in [0, 0.1) is 11.8 Å². The Morgan fingerprint density at radius 2 is 1.55 bits per heavy atom. The molecule has 2 rings (SSSR count). The van der Waals surface area contributed by atoms with Crippen LogP contribution in [0.2, 0.25) is 0 Å². The van der Waals surface area contributed by atoms with Crippen LogP contribution in [-0.4, -0.2) is 17.6 Å². The third kappa shape index (κ3) is 9.34. The van der Waals surface area contributed by atoms with Crippen LogP contribution in [0.4, 0.5) is 5.69 Å². The van der Waals surface area contributed by atoms with Gasteiger partial charge in [-0.2, -0.15) is 0 Å². The summed E-state index contributed by atoms with van der Waals surface area (Å²) in [5.74, 6) is 5.68. The second-order valence-electron chi connectivity index (χ2n) is 7.43. The second kappa shape index (κ2) is 13.4. The summed E-state index contributed by atoms with van der Waals surface area (Å²) in [6.07, 6.45) is 10.6. The molecule has 0 radical (unpaired) electrons. The van der Waals surface area contributed by atoms with Crippen molar-refractivity contribution in [3.8, 4) is 11.8 Å². The lowest BCUT2D eigenvalue weighted by Crippen LogP contribution is -2.02. The van der Waals surface area contributed by atoms with E-state index in [0.717, 1.165) is 37.1 Å². The Morgan fingerprint density at radius 3 is 2.21 bits per heavy atom. The van der Waals surface area contributed by atoms with Gasteiger partial charge in [-0.25, -0.2) is 4.79 Å². The molecule has 3 heteroatoms. The van der Waals surface area contributed by atoms with Crippen LogP contribution in [0.3, 0.4) is 0 Å². The van der Waals surface area contributed by atoms with Crippen LogP contribution < -0.4 is 5.32 Å². The Morgan fingerprint density at radius 1 is 0.897 bits per heavy atom. The van der Waals surface area contributed by atoms with Crippen molar-refractivity contribution in [2.45, 2.75) is 64.7 Å². The highest BCUT2D eigenvalue weighted by Crippen LogP contribution is 2.11. The number of hydrogen-bond donors (Lipinski definition) is 2. The number of aryl methyl sites for hydroxylation is 1. The fourth-order valence-electron chi connectivity index (χ4n) is 3.22. The minimum absolute atomic E-state index is 0.324. The highest BCUT2D eigenvalue weighted by Gasteiger charge is 2.01. The zero-order valence-electron chi connectivity index (χ0n) is 17.5. The van der Waals surface area contributed by atoms with Crippen molar-refractivity contribution >= 4 is 11.7 Å². The molecule has 0 aliphatic rings. The topological polar surface area (TPSA) is 49.3 Å². The van der Waals surface area contributed by atoms with Gasteiger partial charge in [-0.15, -0.1) is 0 Å². The van der Waals surface area contributed by atoms with Gasteiger partial charge in [0.2, 0.25) is 0 Å². The fraction of sp³-hybridized carbons (Fsp3) is 0.423. The summed E-state index contributed by atoms with van der Waals surface area (Å²) in [6, 6.07) is 15.6. The number of rotatable bonds is 12. The summed E-state index contributed by atoms with van der Waals surface area (Å²) in [4.78, 5) is 10.8. The predicted octanol–water partition coefficient (Wildman–Crippen LogP) is 6.53. The summed E-state index contributed by atoms with van der Waals surface area (Å²) < 4.78 is 0. The first-order valence-electron chi connectivity index (χ1n) is 10.8. The molecule has 154 valence electrons. The van der Waals surface area contributed by atoms with Gasteiger partial charge in [0.05, 0.1) is 5.56 Å². The smallest absolute Gasteiger partial charge is 0.335 e. The van der Waals surface area contributed by atoms with Crippen molar-refractivity contribution in [3.63, 3.8) is 0 Å². The molecule has 0 aliphatic heterocycles. The standard InChI is InChI=1S/C26H33NO2/c1-2-11-22-13-15-23(16-14-22)12-9-7-5-3-4-6-8-10-21-27-25-19-17-24(18-20-25)26(28)29/h13-20,27H,2-8,10-11,21H2,1H3,(H,28,29). The second-order valence-corrected chi connectivity index (χ2v) is 7.43. The third-order valence-corrected chi connectivity index (χ3v) is 4.91. The zero-order valence-corrected chi connectivity index (χ0v) is 17.5. The first-order chi connectivity index (χ1) is 14.2. The van der Waals surface area contributed by atoms with Crippen LogP contribution in [0.1, 0.15) is 79.8 Å². The molecular weight excluding hydrogens is 358 g/mol. The molecular formula is C26H33NO2. The van der Waals surface area contributed by atoms with E-state index in [1.54, 1.807) is 12.1 Å². The maximum absolute atomic E-state index is 10.8. The van der Waals surface area contributed by atoms with Crippen molar-refractivity contribution in [1.29, 1.82) is 0 Å². The monoisotopic (exact) mass is 391 g/mol. The molecule has 2 N–H and O–H groups in total. The zero-order chi connectivity index (χ0) is 20.7. The molecule has 2 aromatic rings. The van der Waals surface area contributed by atoms with Gasteiger partial charge >= 0.3 is 5.97 Å². The number of anilines is 1. The molecule has 0 bridgehead atoms. The van der Waals surface area contributed by atoms with E-state index in [-0.39, 0.29) is 0 Å². The number of carboxylic acids is 1. The van der Waals surface area contributed by atoms with Crippen molar-refractivity contribution in [1.82, 2.24) is 0 Å². The van der Waals surface area contributed by atoms with E-state index < -0.39 is 5.97 Å². The highest BCUT2D eigenvalue weighted by atomic mass is 16.4. The maximum Gasteiger partial charge on any atom is 0.335 e. The van der Waals surface area contributed by atoms with Crippen LogP contribution in [-0.2, 0) is 6.42 Å². The molecule has 0 amide bonds. The molecule has 29 heavy (non-hydrogen) atoms. The Balaban J connectivity index is 1.46. The van der Waals surface area contributed by atoms with Crippen LogP contribution in [0.5, 0.6) is 0 Å². The molecule has 3 nitrogen and oxygen atoms in total. The largest absolute Gasteiger partial charge is 0.478 e. The number of unbranched alkanes of at least 4 members (excludes halogenated alkanes) is 6. The van der Waals surface area contributed by atoms with Gasteiger partial charge in [-0.1, -0.05) is 63.0 Å². The molecule has 0 heterocycles. The number of carbonyl (C=O) groups is 1. The van der Waals surface area contributed by atoms with E-state index >= 15 is 0 Å². The first-order valence-corrected chi connectivity index (χ1v) is 10.8. The molecule has 0 atom stereocenters. The molecule has 0 aliphatic carbocycles. The quantitative estimate of drug-likeness (QED) is 0.319. The van der Waals surface area contributed by atoms with E-state index in [1.165, 1.54) is 44.1 Å². The summed E-state index contributed by atoms with van der Waals surface area (Å²) in [5.41, 5.74) is 3.82. The molecule has 0 saturated carbocycles. The lowest BCUT2D eigenvalue weighted by molar-refractivity contribution is 0.0697. The number of benzene rings is 2. The van der Waals surface area contributed by atoms with Gasteiger partial charge in [-0.3, -0.25) is 0 Å². The van der Waals surface area contributed by atoms with Crippen LogP contribution in [0.25, 0.3) is 0 Å². The molecule has 0 aromatic heterocycles. The number of aromatic carboxylic acids is 1. The van der Waals surface area contributed by atoms with Crippen molar-refractivity contribution in [2.24, 2.45) is 0 Å². The molecule has 0 saturated heterocycles. The molecule has 0 fully saturated rings. The van der Waals surface area contributed by atoms with Gasteiger partial charge in [0.15, 0.2) is 0 Å². The Hall–Kier alpha value is -2.73.